The molecule has 0 radical (unpaired) electrons. The molecule has 0 aliphatic heterocycles. The maximum atomic E-state index is 12.4. The third kappa shape index (κ3) is 7.24. The minimum absolute atomic E-state index is 0.200. The number of ether oxygens (including phenoxy) is 3. The zero-order valence-corrected chi connectivity index (χ0v) is 19.2. The summed E-state index contributed by atoms with van der Waals surface area (Å²) < 4.78 is 16.2. The van der Waals surface area contributed by atoms with Crippen LogP contribution in [0.2, 0.25) is 0 Å². The summed E-state index contributed by atoms with van der Waals surface area (Å²) in [6.45, 7) is 4.26. The second kappa shape index (κ2) is 11.4. The van der Waals surface area contributed by atoms with E-state index in [0.717, 1.165) is 19.3 Å². The van der Waals surface area contributed by atoms with Crippen molar-refractivity contribution in [1.82, 2.24) is 5.32 Å². The van der Waals surface area contributed by atoms with Gasteiger partial charge in [0.1, 0.15) is 0 Å². The van der Waals surface area contributed by atoms with Gasteiger partial charge in [-0.15, -0.1) is 0 Å². The summed E-state index contributed by atoms with van der Waals surface area (Å²) in [6.07, 6.45) is 2.82. The molecule has 3 rings (SSSR count). The minimum atomic E-state index is -0.669. The van der Waals surface area contributed by atoms with Gasteiger partial charge in [0.25, 0.3) is 11.8 Å². The Labute approximate surface area is 193 Å². The number of benzene rings is 2. The number of hydrogen-bond acceptors (Lipinski definition) is 6. The van der Waals surface area contributed by atoms with Crippen LogP contribution in [0.5, 0.6) is 11.5 Å². The normalized spacial score (nSPS) is 12.7. The van der Waals surface area contributed by atoms with Crippen LogP contribution < -0.4 is 20.1 Å². The van der Waals surface area contributed by atoms with Crippen molar-refractivity contribution in [2.24, 2.45) is 5.92 Å². The van der Waals surface area contributed by atoms with Crippen molar-refractivity contribution in [3.05, 3.63) is 53.6 Å². The predicted molar refractivity (Wildman–Crippen MR) is 124 cm³/mol. The molecule has 8 nitrogen and oxygen atoms in total. The zero-order chi connectivity index (χ0) is 23.8. The fourth-order valence-corrected chi connectivity index (χ4v) is 3.00. The minimum Gasteiger partial charge on any atom is -0.493 e. The Hall–Kier alpha value is -3.55. The highest BCUT2D eigenvalue weighted by atomic mass is 16.5. The molecule has 0 unspecified atom stereocenters. The molecule has 2 aromatic rings. The van der Waals surface area contributed by atoms with E-state index in [2.05, 4.69) is 24.5 Å². The molecule has 1 aliphatic rings. The van der Waals surface area contributed by atoms with E-state index in [1.54, 1.807) is 36.4 Å². The van der Waals surface area contributed by atoms with Gasteiger partial charge in [-0.25, -0.2) is 4.79 Å². The lowest BCUT2D eigenvalue weighted by Gasteiger charge is -2.13. The van der Waals surface area contributed by atoms with E-state index in [0.29, 0.717) is 35.3 Å². The molecule has 0 atom stereocenters. The number of carbonyl (C=O) groups excluding carboxylic acids is 3. The van der Waals surface area contributed by atoms with E-state index in [-0.39, 0.29) is 17.5 Å². The molecule has 8 heteroatoms. The summed E-state index contributed by atoms with van der Waals surface area (Å²) in [5.74, 6) is -0.00140. The highest BCUT2D eigenvalue weighted by molar-refractivity contribution is 6.04. The third-order valence-corrected chi connectivity index (χ3v) is 5.04. The first-order chi connectivity index (χ1) is 15.9. The highest BCUT2D eigenvalue weighted by Crippen LogP contribution is 2.29. The van der Waals surface area contributed by atoms with Gasteiger partial charge in [-0.05, 0) is 55.5 Å². The summed E-state index contributed by atoms with van der Waals surface area (Å²) in [5.41, 5.74) is 0.961. The van der Waals surface area contributed by atoms with Crippen molar-refractivity contribution in [2.75, 3.05) is 25.6 Å². The SMILES string of the molecule is COc1cc(C(=O)OCC(=O)Nc2ccccc2C(=O)NC2CC2)ccc1OCCC(C)C. The van der Waals surface area contributed by atoms with Gasteiger partial charge in [-0.2, -0.15) is 0 Å². The molecule has 33 heavy (non-hydrogen) atoms. The van der Waals surface area contributed by atoms with Gasteiger partial charge in [0, 0.05) is 6.04 Å². The summed E-state index contributed by atoms with van der Waals surface area (Å²) in [7, 11) is 1.49. The van der Waals surface area contributed by atoms with Gasteiger partial charge in [-0.3, -0.25) is 9.59 Å². The van der Waals surface area contributed by atoms with Gasteiger partial charge < -0.3 is 24.8 Å². The van der Waals surface area contributed by atoms with Crippen LogP contribution >= 0.6 is 0 Å². The number of anilines is 1. The average molecular weight is 455 g/mol. The quantitative estimate of drug-likeness (QED) is 0.501. The number of rotatable bonds is 11. The fourth-order valence-electron chi connectivity index (χ4n) is 3.00. The van der Waals surface area contributed by atoms with E-state index < -0.39 is 18.5 Å². The molecule has 0 bridgehead atoms. The van der Waals surface area contributed by atoms with Crippen LogP contribution in [-0.2, 0) is 9.53 Å². The molecule has 2 aromatic carbocycles. The molecule has 0 heterocycles. The number of nitrogens with one attached hydrogen (secondary N) is 2. The second-order valence-electron chi connectivity index (χ2n) is 8.31. The van der Waals surface area contributed by atoms with Crippen LogP contribution in [0.25, 0.3) is 0 Å². The lowest BCUT2D eigenvalue weighted by atomic mass is 10.1. The molecule has 1 fully saturated rings. The number of carbonyl (C=O) groups is 3. The second-order valence-corrected chi connectivity index (χ2v) is 8.31. The lowest BCUT2D eigenvalue weighted by molar-refractivity contribution is -0.119. The molecule has 2 N–H and O–H groups in total. The number of hydrogen-bond donors (Lipinski definition) is 2. The van der Waals surface area contributed by atoms with Crippen molar-refractivity contribution in [1.29, 1.82) is 0 Å². The number of esters is 1. The molecule has 0 spiro atoms. The number of methoxy groups -OCH3 is 1. The van der Waals surface area contributed by atoms with Gasteiger partial charge in [-0.1, -0.05) is 26.0 Å². The fraction of sp³-hybridized carbons (Fsp3) is 0.400. The Morgan fingerprint density at radius 2 is 1.82 bits per heavy atom. The Morgan fingerprint density at radius 1 is 1.06 bits per heavy atom. The smallest absolute Gasteiger partial charge is 0.338 e. The van der Waals surface area contributed by atoms with E-state index in [1.165, 1.54) is 13.2 Å². The van der Waals surface area contributed by atoms with Gasteiger partial charge in [0.2, 0.25) is 0 Å². The molecule has 1 saturated carbocycles. The zero-order valence-electron chi connectivity index (χ0n) is 19.2. The molecule has 0 aromatic heterocycles. The summed E-state index contributed by atoms with van der Waals surface area (Å²) in [4.78, 5) is 37.1. The van der Waals surface area contributed by atoms with Crippen LogP contribution in [0, 0.1) is 5.92 Å². The van der Waals surface area contributed by atoms with E-state index in [4.69, 9.17) is 14.2 Å². The van der Waals surface area contributed by atoms with E-state index >= 15 is 0 Å². The van der Waals surface area contributed by atoms with Crippen molar-refractivity contribution in [3.8, 4) is 11.5 Å². The van der Waals surface area contributed by atoms with Crippen molar-refractivity contribution in [2.45, 2.75) is 39.2 Å². The van der Waals surface area contributed by atoms with Crippen molar-refractivity contribution in [3.63, 3.8) is 0 Å². The monoisotopic (exact) mass is 454 g/mol. The summed E-state index contributed by atoms with van der Waals surface area (Å²) in [5, 5.41) is 5.53. The predicted octanol–water partition coefficient (Wildman–Crippen LogP) is 3.81. The van der Waals surface area contributed by atoms with Crippen LogP contribution in [0.4, 0.5) is 5.69 Å². The summed E-state index contributed by atoms with van der Waals surface area (Å²) in [6, 6.07) is 11.6. The van der Waals surface area contributed by atoms with Gasteiger partial charge in [0.05, 0.1) is 30.5 Å². The number of amides is 2. The Bertz CT molecular complexity index is 1000. The summed E-state index contributed by atoms with van der Waals surface area (Å²) >= 11 is 0. The maximum Gasteiger partial charge on any atom is 0.338 e. The first-order valence-electron chi connectivity index (χ1n) is 11.0. The van der Waals surface area contributed by atoms with Crippen LogP contribution in [-0.4, -0.2) is 44.1 Å². The molecule has 1 aliphatic carbocycles. The largest absolute Gasteiger partial charge is 0.493 e. The molecule has 2 amide bonds. The average Bonchev–Trinajstić information content (AvgIpc) is 3.61. The van der Waals surface area contributed by atoms with Crippen molar-refractivity contribution >= 4 is 23.5 Å². The maximum absolute atomic E-state index is 12.4. The molecular formula is C25H30N2O6. The Balaban J connectivity index is 1.55. The van der Waals surface area contributed by atoms with Crippen LogP contribution in [0.3, 0.4) is 0 Å². The number of para-hydroxylation sites is 1. The highest BCUT2D eigenvalue weighted by Gasteiger charge is 2.25. The molecule has 176 valence electrons. The third-order valence-electron chi connectivity index (χ3n) is 5.04. The standard InChI is InChI=1S/C25H30N2O6/c1-16(2)12-13-32-21-11-8-17(14-22(21)31-3)25(30)33-15-23(28)27-20-7-5-4-6-19(20)24(29)26-18-9-10-18/h4-8,11,14,16,18H,9-10,12-13,15H2,1-3H3,(H,26,29)(H,27,28). The van der Waals surface area contributed by atoms with Crippen LogP contribution in [0.15, 0.2) is 42.5 Å². The molecule has 0 saturated heterocycles. The van der Waals surface area contributed by atoms with Crippen LogP contribution in [0.1, 0.15) is 53.8 Å². The van der Waals surface area contributed by atoms with Gasteiger partial charge >= 0.3 is 5.97 Å². The van der Waals surface area contributed by atoms with E-state index in [9.17, 15) is 14.4 Å². The van der Waals surface area contributed by atoms with E-state index in [1.807, 2.05) is 0 Å². The lowest BCUT2D eigenvalue weighted by Crippen LogP contribution is -2.28. The Kier molecular flexibility index (Phi) is 8.29. The first kappa shape index (κ1) is 24.1. The Morgan fingerprint density at radius 3 is 2.52 bits per heavy atom. The van der Waals surface area contributed by atoms with Gasteiger partial charge in [0.15, 0.2) is 18.1 Å². The topological polar surface area (TPSA) is 103 Å². The first-order valence-corrected chi connectivity index (χ1v) is 11.0. The molecular weight excluding hydrogens is 424 g/mol. The van der Waals surface area contributed by atoms with Crippen molar-refractivity contribution < 1.29 is 28.6 Å².